The lowest BCUT2D eigenvalue weighted by molar-refractivity contribution is 0.474. The zero-order valence-corrected chi connectivity index (χ0v) is 12.4. The van der Waals surface area contributed by atoms with Gasteiger partial charge in [-0.2, -0.15) is 5.10 Å². The van der Waals surface area contributed by atoms with E-state index in [9.17, 15) is 5.11 Å². The predicted molar refractivity (Wildman–Crippen MR) is 81.6 cm³/mol. The fourth-order valence-corrected chi connectivity index (χ4v) is 2.69. The molecule has 1 aliphatic rings. The van der Waals surface area contributed by atoms with Crippen LogP contribution >= 0.6 is 24.8 Å². The molecule has 19 heavy (non-hydrogen) atoms. The molecule has 0 saturated heterocycles. The van der Waals surface area contributed by atoms with Gasteiger partial charge in [0.25, 0.3) is 0 Å². The minimum Gasteiger partial charge on any atom is -0.508 e. The van der Waals surface area contributed by atoms with Crippen LogP contribution in [-0.4, -0.2) is 20.9 Å². The Morgan fingerprint density at radius 2 is 2.11 bits per heavy atom. The minimum absolute atomic E-state index is 0. The lowest BCUT2D eigenvalue weighted by atomic mass is 9.94. The quantitative estimate of drug-likeness (QED) is 0.895. The number of aromatic nitrogens is 2. The smallest absolute Gasteiger partial charge is 0.118 e. The zero-order valence-electron chi connectivity index (χ0n) is 10.8. The summed E-state index contributed by atoms with van der Waals surface area (Å²) in [5.41, 5.74) is 9.23. The number of benzene rings is 1. The normalized spacial score (nSPS) is 14.6. The molecule has 0 saturated carbocycles. The Labute approximate surface area is 124 Å². The highest BCUT2D eigenvalue weighted by atomic mass is 35.5. The van der Waals surface area contributed by atoms with Gasteiger partial charge in [-0.15, -0.1) is 24.8 Å². The van der Waals surface area contributed by atoms with E-state index in [0.29, 0.717) is 12.3 Å². The molecule has 1 unspecified atom stereocenters. The Bertz CT molecular complexity index is 581. The van der Waals surface area contributed by atoms with Crippen LogP contribution in [0, 0.1) is 0 Å². The SMILES string of the molecule is CC(N)Cn1nc2c3c(cc(O)cc31)CCC2.Cl.Cl. The van der Waals surface area contributed by atoms with Crippen LogP contribution in [0.15, 0.2) is 12.1 Å². The molecule has 0 aliphatic heterocycles. The molecule has 1 atom stereocenters. The third-order valence-electron chi connectivity index (χ3n) is 3.31. The Morgan fingerprint density at radius 1 is 1.37 bits per heavy atom. The maximum absolute atomic E-state index is 9.76. The van der Waals surface area contributed by atoms with Gasteiger partial charge < -0.3 is 10.8 Å². The number of rotatable bonds is 2. The summed E-state index contributed by atoms with van der Waals surface area (Å²) in [6, 6.07) is 3.73. The molecular weight excluding hydrogens is 285 g/mol. The number of hydrogen-bond donors (Lipinski definition) is 2. The Hall–Kier alpha value is -0.970. The van der Waals surface area contributed by atoms with Gasteiger partial charge in [0.1, 0.15) is 5.75 Å². The number of phenols is 1. The third-order valence-corrected chi connectivity index (χ3v) is 3.31. The molecule has 1 aromatic carbocycles. The highest BCUT2D eigenvalue weighted by Gasteiger charge is 2.19. The van der Waals surface area contributed by atoms with Crippen molar-refractivity contribution in [3.8, 4) is 5.75 Å². The van der Waals surface area contributed by atoms with E-state index in [1.165, 1.54) is 10.9 Å². The number of phenolic OH excluding ortho intramolecular Hbond substituents is 1. The lowest BCUT2D eigenvalue weighted by Crippen LogP contribution is -2.22. The molecular formula is C13H19Cl2N3O. The second kappa shape index (κ2) is 5.99. The first-order valence-electron chi connectivity index (χ1n) is 6.12. The summed E-state index contributed by atoms with van der Waals surface area (Å²) in [5.74, 6) is 0.326. The van der Waals surface area contributed by atoms with Crippen molar-refractivity contribution in [2.24, 2.45) is 5.73 Å². The standard InChI is InChI=1S/C13H17N3O.2ClH/c1-8(14)7-16-12-6-10(17)5-9-3-2-4-11(15-16)13(9)12;;/h5-6,8,17H,2-4,7,14H2,1H3;2*1H. The molecule has 1 heterocycles. The highest BCUT2D eigenvalue weighted by molar-refractivity contribution is 5.87. The van der Waals surface area contributed by atoms with Crippen molar-refractivity contribution in [2.45, 2.75) is 38.8 Å². The lowest BCUT2D eigenvalue weighted by Gasteiger charge is -2.11. The molecule has 1 aromatic heterocycles. The molecule has 0 bridgehead atoms. The fraction of sp³-hybridized carbons (Fsp3) is 0.462. The summed E-state index contributed by atoms with van der Waals surface area (Å²) in [6.07, 6.45) is 3.17. The minimum atomic E-state index is 0. The summed E-state index contributed by atoms with van der Waals surface area (Å²) < 4.78 is 1.93. The second-order valence-corrected chi connectivity index (χ2v) is 4.96. The summed E-state index contributed by atoms with van der Waals surface area (Å²) in [7, 11) is 0. The van der Waals surface area contributed by atoms with Gasteiger partial charge in [0.05, 0.1) is 17.8 Å². The monoisotopic (exact) mass is 303 g/mol. The van der Waals surface area contributed by atoms with Crippen molar-refractivity contribution in [3.63, 3.8) is 0 Å². The maximum atomic E-state index is 9.76. The van der Waals surface area contributed by atoms with E-state index < -0.39 is 0 Å². The first kappa shape index (κ1) is 16.1. The molecule has 3 rings (SSSR count). The molecule has 0 amide bonds. The average Bonchev–Trinajstić information content (AvgIpc) is 2.57. The van der Waals surface area contributed by atoms with Crippen LogP contribution in [0.4, 0.5) is 0 Å². The molecule has 3 N–H and O–H groups in total. The molecule has 2 aromatic rings. The number of hydrogen-bond acceptors (Lipinski definition) is 3. The van der Waals surface area contributed by atoms with Gasteiger partial charge in [-0.25, -0.2) is 0 Å². The molecule has 6 heteroatoms. The van der Waals surface area contributed by atoms with E-state index in [4.69, 9.17) is 5.73 Å². The molecule has 0 fully saturated rings. The van der Waals surface area contributed by atoms with Crippen LogP contribution < -0.4 is 5.73 Å². The predicted octanol–water partition coefficient (Wildman–Crippen LogP) is 2.42. The van der Waals surface area contributed by atoms with E-state index in [1.54, 1.807) is 6.07 Å². The van der Waals surface area contributed by atoms with E-state index in [0.717, 1.165) is 30.5 Å². The van der Waals surface area contributed by atoms with Gasteiger partial charge in [-0.3, -0.25) is 4.68 Å². The van der Waals surface area contributed by atoms with Crippen molar-refractivity contribution < 1.29 is 5.11 Å². The van der Waals surface area contributed by atoms with Gasteiger partial charge in [-0.1, -0.05) is 0 Å². The third kappa shape index (κ3) is 2.81. The Balaban J connectivity index is 0.000000902. The largest absolute Gasteiger partial charge is 0.508 e. The van der Waals surface area contributed by atoms with Gasteiger partial charge >= 0.3 is 0 Å². The number of aryl methyl sites for hydroxylation is 2. The zero-order chi connectivity index (χ0) is 12.0. The average molecular weight is 304 g/mol. The molecule has 0 radical (unpaired) electrons. The van der Waals surface area contributed by atoms with Crippen LogP contribution in [0.25, 0.3) is 10.9 Å². The van der Waals surface area contributed by atoms with E-state index in [2.05, 4.69) is 5.10 Å². The summed E-state index contributed by atoms with van der Waals surface area (Å²) in [5, 5.41) is 15.6. The van der Waals surface area contributed by atoms with Gasteiger partial charge in [0.2, 0.25) is 0 Å². The number of aromatic hydroxyl groups is 1. The van der Waals surface area contributed by atoms with Crippen molar-refractivity contribution in [3.05, 3.63) is 23.4 Å². The number of nitrogens with zero attached hydrogens (tertiary/aromatic N) is 2. The Kier molecular flexibility index (Phi) is 5.07. The van der Waals surface area contributed by atoms with Gasteiger partial charge in [0.15, 0.2) is 0 Å². The first-order valence-corrected chi connectivity index (χ1v) is 6.12. The number of nitrogens with two attached hydrogens (primary N) is 1. The topological polar surface area (TPSA) is 64.1 Å². The fourth-order valence-electron chi connectivity index (χ4n) is 2.69. The highest BCUT2D eigenvalue weighted by Crippen LogP contribution is 2.32. The van der Waals surface area contributed by atoms with E-state index >= 15 is 0 Å². The van der Waals surface area contributed by atoms with E-state index in [-0.39, 0.29) is 30.9 Å². The van der Waals surface area contributed by atoms with Crippen LogP contribution in [0.2, 0.25) is 0 Å². The van der Waals surface area contributed by atoms with Crippen LogP contribution in [0.3, 0.4) is 0 Å². The van der Waals surface area contributed by atoms with Gasteiger partial charge in [0, 0.05) is 17.5 Å². The maximum Gasteiger partial charge on any atom is 0.118 e. The van der Waals surface area contributed by atoms with Crippen molar-refractivity contribution in [1.82, 2.24) is 9.78 Å². The second-order valence-electron chi connectivity index (χ2n) is 4.96. The van der Waals surface area contributed by atoms with Crippen molar-refractivity contribution in [2.75, 3.05) is 0 Å². The van der Waals surface area contributed by atoms with Crippen LogP contribution in [-0.2, 0) is 19.4 Å². The van der Waals surface area contributed by atoms with Crippen molar-refractivity contribution >= 4 is 35.7 Å². The van der Waals surface area contributed by atoms with Crippen LogP contribution in [0.5, 0.6) is 5.75 Å². The summed E-state index contributed by atoms with van der Waals surface area (Å²) in [6.45, 7) is 2.66. The summed E-state index contributed by atoms with van der Waals surface area (Å²) in [4.78, 5) is 0. The summed E-state index contributed by atoms with van der Waals surface area (Å²) >= 11 is 0. The van der Waals surface area contributed by atoms with Crippen LogP contribution in [0.1, 0.15) is 24.6 Å². The Morgan fingerprint density at radius 3 is 2.79 bits per heavy atom. The van der Waals surface area contributed by atoms with Crippen molar-refractivity contribution in [1.29, 1.82) is 0 Å². The molecule has 1 aliphatic carbocycles. The number of halogens is 2. The van der Waals surface area contributed by atoms with E-state index in [1.807, 2.05) is 17.7 Å². The molecule has 106 valence electrons. The molecule has 0 spiro atoms. The first-order chi connectivity index (χ1) is 8.15. The molecule has 4 nitrogen and oxygen atoms in total. The van der Waals surface area contributed by atoms with Gasteiger partial charge in [-0.05, 0) is 37.8 Å².